The van der Waals surface area contributed by atoms with E-state index >= 15 is 0 Å². The van der Waals surface area contributed by atoms with Gasteiger partial charge < -0.3 is 10.1 Å². The predicted molar refractivity (Wildman–Crippen MR) is 79.7 cm³/mol. The Morgan fingerprint density at radius 1 is 1.38 bits per heavy atom. The first kappa shape index (κ1) is 15.4. The molecule has 1 aliphatic rings. The van der Waals surface area contributed by atoms with Gasteiger partial charge in [-0.3, -0.25) is 9.69 Å². The Labute approximate surface area is 125 Å². The van der Waals surface area contributed by atoms with Gasteiger partial charge in [0.2, 0.25) is 5.91 Å². The Morgan fingerprint density at radius 3 is 2.76 bits per heavy atom. The maximum Gasteiger partial charge on any atom is 0.410 e. The number of benzene rings is 1. The third-order valence-electron chi connectivity index (χ3n) is 3.72. The van der Waals surface area contributed by atoms with E-state index < -0.39 is 12.1 Å². The second kappa shape index (κ2) is 7.11. The summed E-state index contributed by atoms with van der Waals surface area (Å²) in [5.41, 5.74) is 1.05. The van der Waals surface area contributed by atoms with Gasteiger partial charge in [0.1, 0.15) is 6.04 Å². The molecule has 1 aromatic carbocycles. The second-order valence-corrected chi connectivity index (χ2v) is 5.19. The van der Waals surface area contributed by atoms with Crippen LogP contribution in [-0.2, 0) is 9.53 Å². The first-order valence-electron chi connectivity index (χ1n) is 7.42. The summed E-state index contributed by atoms with van der Waals surface area (Å²) in [5, 5.41) is 2.98. The van der Waals surface area contributed by atoms with Crippen molar-refractivity contribution < 1.29 is 14.3 Å². The first-order valence-corrected chi connectivity index (χ1v) is 7.42. The molecule has 2 rings (SSSR count). The molecule has 2 atom stereocenters. The molecular weight excluding hydrogens is 268 g/mol. The predicted octanol–water partition coefficient (Wildman–Crippen LogP) is 2.48. The van der Waals surface area contributed by atoms with Gasteiger partial charge in [-0.1, -0.05) is 30.3 Å². The third kappa shape index (κ3) is 3.74. The molecule has 1 aliphatic heterocycles. The number of hydrogen-bond donors (Lipinski definition) is 1. The summed E-state index contributed by atoms with van der Waals surface area (Å²) in [6, 6.07) is 9.28. The van der Waals surface area contributed by atoms with E-state index in [2.05, 4.69) is 5.32 Å². The van der Waals surface area contributed by atoms with Crippen LogP contribution in [0.1, 0.15) is 38.3 Å². The summed E-state index contributed by atoms with van der Waals surface area (Å²) < 4.78 is 5.00. The van der Waals surface area contributed by atoms with Crippen LogP contribution in [0.3, 0.4) is 0 Å². The number of likely N-dealkylation sites (tertiary alicyclic amines) is 1. The number of nitrogens with one attached hydrogen (secondary N) is 1. The monoisotopic (exact) mass is 290 g/mol. The molecule has 1 aromatic rings. The average molecular weight is 290 g/mol. The van der Waals surface area contributed by atoms with Crippen LogP contribution in [0.2, 0.25) is 0 Å². The highest BCUT2D eigenvalue weighted by atomic mass is 16.6. The molecular formula is C16H22N2O3. The van der Waals surface area contributed by atoms with E-state index in [1.165, 1.54) is 4.90 Å². The fourth-order valence-electron chi connectivity index (χ4n) is 2.60. The quantitative estimate of drug-likeness (QED) is 0.926. The van der Waals surface area contributed by atoms with Crippen molar-refractivity contribution >= 4 is 12.0 Å². The van der Waals surface area contributed by atoms with Crippen molar-refractivity contribution in [3.05, 3.63) is 35.9 Å². The number of carbonyl (C=O) groups is 2. The van der Waals surface area contributed by atoms with Gasteiger partial charge in [-0.15, -0.1) is 0 Å². The third-order valence-corrected chi connectivity index (χ3v) is 3.72. The summed E-state index contributed by atoms with van der Waals surface area (Å²) in [5.74, 6) is -0.114. The lowest BCUT2D eigenvalue weighted by Crippen LogP contribution is -2.46. The molecule has 0 bridgehead atoms. The lowest BCUT2D eigenvalue weighted by Gasteiger charge is -2.24. The van der Waals surface area contributed by atoms with Crippen LogP contribution in [0.15, 0.2) is 30.3 Å². The highest BCUT2D eigenvalue weighted by Crippen LogP contribution is 2.20. The number of hydrogen-bond acceptors (Lipinski definition) is 3. The maximum absolute atomic E-state index is 12.4. The van der Waals surface area contributed by atoms with Crippen LogP contribution in [0.5, 0.6) is 0 Å². The van der Waals surface area contributed by atoms with Crippen LogP contribution >= 0.6 is 0 Å². The summed E-state index contributed by atoms with van der Waals surface area (Å²) >= 11 is 0. The smallest absolute Gasteiger partial charge is 0.410 e. The number of carbonyl (C=O) groups excluding carboxylic acids is 2. The molecule has 1 heterocycles. The molecule has 21 heavy (non-hydrogen) atoms. The fourth-order valence-corrected chi connectivity index (χ4v) is 2.60. The Bertz CT molecular complexity index is 490. The highest BCUT2D eigenvalue weighted by Gasteiger charge is 2.35. The Balaban J connectivity index is 1.97. The summed E-state index contributed by atoms with van der Waals surface area (Å²) in [4.78, 5) is 25.8. The molecule has 5 heteroatoms. The van der Waals surface area contributed by atoms with Gasteiger partial charge in [0.15, 0.2) is 0 Å². The van der Waals surface area contributed by atoms with E-state index in [4.69, 9.17) is 4.74 Å². The Morgan fingerprint density at radius 2 is 2.10 bits per heavy atom. The Hall–Kier alpha value is -2.04. The van der Waals surface area contributed by atoms with E-state index in [0.717, 1.165) is 12.0 Å². The van der Waals surface area contributed by atoms with Gasteiger partial charge >= 0.3 is 6.09 Å². The Kier molecular flexibility index (Phi) is 5.20. The maximum atomic E-state index is 12.4. The van der Waals surface area contributed by atoms with E-state index in [1.54, 1.807) is 6.92 Å². The average Bonchev–Trinajstić information content (AvgIpc) is 2.98. The molecule has 114 valence electrons. The zero-order chi connectivity index (χ0) is 15.2. The molecule has 0 unspecified atom stereocenters. The van der Waals surface area contributed by atoms with Crippen LogP contribution in [0.25, 0.3) is 0 Å². The molecule has 5 nitrogen and oxygen atoms in total. The van der Waals surface area contributed by atoms with Gasteiger partial charge in [-0.05, 0) is 32.3 Å². The SMILES string of the molecule is CCOC(=O)N1CCC[C@H]1C(=O)N[C@H](C)c1ccccc1. The van der Waals surface area contributed by atoms with Crippen molar-refractivity contribution in [3.63, 3.8) is 0 Å². The molecule has 0 saturated carbocycles. The molecule has 0 radical (unpaired) electrons. The van der Waals surface area contributed by atoms with E-state index in [-0.39, 0.29) is 11.9 Å². The van der Waals surface area contributed by atoms with Crippen molar-refractivity contribution in [2.45, 2.75) is 38.8 Å². The summed E-state index contributed by atoms with van der Waals surface area (Å²) in [6.45, 7) is 4.61. The van der Waals surface area contributed by atoms with Gasteiger partial charge in [-0.25, -0.2) is 4.79 Å². The highest BCUT2D eigenvalue weighted by molar-refractivity contribution is 5.86. The topological polar surface area (TPSA) is 58.6 Å². The fraction of sp³-hybridized carbons (Fsp3) is 0.500. The van der Waals surface area contributed by atoms with Crippen LogP contribution < -0.4 is 5.32 Å². The van der Waals surface area contributed by atoms with E-state index in [0.29, 0.717) is 19.6 Å². The van der Waals surface area contributed by atoms with Crippen molar-refractivity contribution in [1.82, 2.24) is 10.2 Å². The van der Waals surface area contributed by atoms with E-state index in [1.807, 2.05) is 37.3 Å². The number of amides is 2. The summed E-state index contributed by atoms with van der Waals surface area (Å²) in [7, 11) is 0. The van der Waals surface area contributed by atoms with E-state index in [9.17, 15) is 9.59 Å². The molecule has 0 aromatic heterocycles. The van der Waals surface area contributed by atoms with Crippen LogP contribution in [0.4, 0.5) is 4.79 Å². The number of rotatable bonds is 4. The second-order valence-electron chi connectivity index (χ2n) is 5.19. The molecule has 0 aliphatic carbocycles. The zero-order valence-electron chi connectivity index (χ0n) is 12.5. The molecule has 0 spiro atoms. The zero-order valence-corrected chi connectivity index (χ0v) is 12.5. The number of nitrogens with zero attached hydrogens (tertiary/aromatic N) is 1. The van der Waals surface area contributed by atoms with Crippen molar-refractivity contribution in [2.24, 2.45) is 0 Å². The van der Waals surface area contributed by atoms with Crippen molar-refractivity contribution in [1.29, 1.82) is 0 Å². The van der Waals surface area contributed by atoms with Crippen LogP contribution in [0, 0.1) is 0 Å². The number of ether oxygens (including phenoxy) is 1. The standard InChI is InChI=1S/C16H22N2O3/c1-3-21-16(20)18-11-7-10-14(18)15(19)17-12(2)13-8-5-4-6-9-13/h4-6,8-9,12,14H,3,7,10-11H2,1-2H3,(H,17,19)/t12-,14+/m1/s1. The van der Waals surface area contributed by atoms with Crippen molar-refractivity contribution in [2.75, 3.05) is 13.2 Å². The largest absolute Gasteiger partial charge is 0.450 e. The van der Waals surface area contributed by atoms with Gasteiger partial charge in [-0.2, -0.15) is 0 Å². The lowest BCUT2D eigenvalue weighted by molar-refractivity contribution is -0.125. The van der Waals surface area contributed by atoms with Gasteiger partial charge in [0.05, 0.1) is 12.6 Å². The lowest BCUT2D eigenvalue weighted by atomic mass is 10.1. The molecule has 1 N–H and O–H groups in total. The van der Waals surface area contributed by atoms with Gasteiger partial charge in [0.25, 0.3) is 0 Å². The minimum absolute atomic E-state index is 0.0802. The minimum Gasteiger partial charge on any atom is -0.450 e. The summed E-state index contributed by atoms with van der Waals surface area (Å²) in [6.07, 6.45) is 1.12. The molecule has 1 fully saturated rings. The van der Waals surface area contributed by atoms with Crippen LogP contribution in [-0.4, -0.2) is 36.1 Å². The molecule has 1 saturated heterocycles. The first-order chi connectivity index (χ1) is 10.1. The normalized spacial score (nSPS) is 19.1. The minimum atomic E-state index is -0.421. The molecule has 2 amide bonds. The van der Waals surface area contributed by atoms with Crippen molar-refractivity contribution in [3.8, 4) is 0 Å². The van der Waals surface area contributed by atoms with Gasteiger partial charge in [0, 0.05) is 6.54 Å².